The molecule has 1 aliphatic rings. The number of ketones is 1. The molecule has 158 valence electrons. The first kappa shape index (κ1) is 22.4. The summed E-state index contributed by atoms with van der Waals surface area (Å²) in [5.74, 6) is -1.18. The van der Waals surface area contributed by atoms with Crippen LogP contribution in [0.3, 0.4) is 0 Å². The van der Waals surface area contributed by atoms with Crippen molar-refractivity contribution in [1.29, 1.82) is 0 Å². The molecule has 29 heavy (non-hydrogen) atoms. The molecule has 1 fully saturated rings. The number of hydrogen-bond donors (Lipinski definition) is 1. The van der Waals surface area contributed by atoms with Crippen LogP contribution in [-0.4, -0.2) is 60.5 Å². The number of carbonyl (C=O) groups excluding carboxylic acids is 4. The molecule has 2 atom stereocenters. The van der Waals surface area contributed by atoms with E-state index in [1.807, 2.05) is 6.07 Å². The molecule has 1 N–H and O–H groups in total. The number of esters is 1. The molecule has 1 aromatic rings. The van der Waals surface area contributed by atoms with E-state index in [2.05, 4.69) is 5.32 Å². The lowest BCUT2D eigenvalue weighted by atomic mass is 9.96. The highest BCUT2D eigenvalue weighted by Gasteiger charge is 2.40. The van der Waals surface area contributed by atoms with Crippen molar-refractivity contribution < 1.29 is 28.7 Å². The maximum Gasteiger partial charge on any atom is 0.408 e. The Labute approximate surface area is 170 Å². The molecule has 1 aromatic carbocycles. The Morgan fingerprint density at radius 2 is 1.79 bits per heavy atom. The summed E-state index contributed by atoms with van der Waals surface area (Å²) >= 11 is 0. The molecular weight excluding hydrogens is 376 g/mol. The van der Waals surface area contributed by atoms with Crippen molar-refractivity contribution in [3.05, 3.63) is 35.9 Å². The number of nitrogens with zero attached hydrogens (tertiary/aromatic N) is 1. The van der Waals surface area contributed by atoms with E-state index in [-0.39, 0.29) is 31.2 Å². The molecule has 1 saturated heterocycles. The van der Waals surface area contributed by atoms with Gasteiger partial charge in [0.1, 0.15) is 18.2 Å². The molecule has 0 aliphatic carbocycles. The monoisotopic (exact) mass is 404 g/mol. The average molecular weight is 404 g/mol. The van der Waals surface area contributed by atoms with Gasteiger partial charge in [0.15, 0.2) is 5.78 Å². The highest BCUT2D eigenvalue weighted by molar-refractivity contribution is 5.96. The van der Waals surface area contributed by atoms with Crippen molar-refractivity contribution >= 4 is 23.8 Å². The normalized spacial score (nSPS) is 18.8. The summed E-state index contributed by atoms with van der Waals surface area (Å²) in [5, 5.41) is 2.40. The Kier molecular flexibility index (Phi) is 7.36. The van der Waals surface area contributed by atoms with Crippen molar-refractivity contribution in [2.75, 3.05) is 20.2 Å². The number of likely N-dealkylation sites (tertiary alicyclic amines) is 1. The van der Waals surface area contributed by atoms with Crippen LogP contribution in [0.4, 0.5) is 4.79 Å². The number of nitrogens with one attached hydrogen (secondary N) is 1. The maximum absolute atomic E-state index is 12.6. The Hall–Kier alpha value is -2.90. The summed E-state index contributed by atoms with van der Waals surface area (Å²) in [6.07, 6.45) is -0.153. The second-order valence-corrected chi connectivity index (χ2v) is 8.04. The number of hydrogen-bond acceptors (Lipinski definition) is 6. The van der Waals surface area contributed by atoms with Gasteiger partial charge < -0.3 is 19.7 Å². The molecule has 2 rings (SSSR count). The van der Waals surface area contributed by atoms with E-state index in [4.69, 9.17) is 9.47 Å². The predicted molar refractivity (Wildman–Crippen MR) is 105 cm³/mol. The molecule has 0 spiro atoms. The van der Waals surface area contributed by atoms with Crippen molar-refractivity contribution in [1.82, 2.24) is 10.2 Å². The number of methoxy groups -OCH3 is 1. The van der Waals surface area contributed by atoms with E-state index in [9.17, 15) is 19.2 Å². The molecule has 1 heterocycles. The van der Waals surface area contributed by atoms with Crippen LogP contribution < -0.4 is 5.32 Å². The van der Waals surface area contributed by atoms with Gasteiger partial charge in [-0.2, -0.15) is 0 Å². The smallest absolute Gasteiger partial charge is 0.408 e. The zero-order chi connectivity index (χ0) is 21.6. The molecular formula is C21H28N2O6. The van der Waals surface area contributed by atoms with Crippen molar-refractivity contribution in [2.24, 2.45) is 5.92 Å². The molecule has 0 aromatic heterocycles. The van der Waals surface area contributed by atoms with Gasteiger partial charge in [-0.05, 0) is 33.1 Å². The standard InChI is InChI=1S/C21H28N2O6/c1-21(2,3)29-20(27)22-12-18(25)23-13-14(10-16(23)19(26)28-4)11-17(24)15-8-6-5-7-9-15/h5-9,14,16H,10-13H2,1-4H3,(H,22,27)/t14-,16-/m0/s1. The lowest BCUT2D eigenvalue weighted by Gasteiger charge is -2.24. The van der Waals surface area contributed by atoms with Crippen LogP contribution in [0.5, 0.6) is 0 Å². The molecule has 8 nitrogen and oxygen atoms in total. The highest BCUT2D eigenvalue weighted by Crippen LogP contribution is 2.28. The predicted octanol–water partition coefficient (Wildman–Crippen LogP) is 2.17. The third-order valence-corrected chi connectivity index (χ3v) is 4.53. The van der Waals surface area contributed by atoms with Crippen LogP contribution >= 0.6 is 0 Å². The van der Waals surface area contributed by atoms with Gasteiger partial charge in [-0.15, -0.1) is 0 Å². The molecule has 0 radical (unpaired) electrons. The Balaban J connectivity index is 1.99. The summed E-state index contributed by atoms with van der Waals surface area (Å²) in [6.45, 7) is 5.10. The number of benzene rings is 1. The van der Waals surface area contributed by atoms with Crippen LogP contribution in [-0.2, 0) is 19.1 Å². The highest BCUT2D eigenvalue weighted by atomic mass is 16.6. The zero-order valence-corrected chi connectivity index (χ0v) is 17.3. The fourth-order valence-corrected chi connectivity index (χ4v) is 3.27. The van der Waals surface area contributed by atoms with E-state index in [1.165, 1.54) is 12.0 Å². The van der Waals surface area contributed by atoms with Gasteiger partial charge in [0.2, 0.25) is 5.91 Å². The van der Waals surface area contributed by atoms with Crippen LogP contribution in [0, 0.1) is 5.92 Å². The zero-order valence-electron chi connectivity index (χ0n) is 17.3. The summed E-state index contributed by atoms with van der Waals surface area (Å²) in [6, 6.07) is 8.11. The quantitative estimate of drug-likeness (QED) is 0.576. The topological polar surface area (TPSA) is 102 Å². The second kappa shape index (κ2) is 9.54. The van der Waals surface area contributed by atoms with E-state index in [0.29, 0.717) is 12.0 Å². The first-order valence-electron chi connectivity index (χ1n) is 9.53. The van der Waals surface area contributed by atoms with E-state index >= 15 is 0 Å². The van der Waals surface area contributed by atoms with Crippen LogP contribution in [0.15, 0.2) is 30.3 Å². The number of carbonyl (C=O) groups is 4. The molecule has 0 bridgehead atoms. The lowest BCUT2D eigenvalue weighted by Crippen LogP contribution is -2.46. The molecule has 0 unspecified atom stereocenters. The minimum Gasteiger partial charge on any atom is -0.467 e. The van der Waals surface area contributed by atoms with Gasteiger partial charge in [-0.25, -0.2) is 9.59 Å². The van der Waals surface area contributed by atoms with Gasteiger partial charge in [-0.3, -0.25) is 9.59 Å². The second-order valence-electron chi connectivity index (χ2n) is 8.04. The van der Waals surface area contributed by atoms with E-state index < -0.39 is 29.6 Å². The Bertz CT molecular complexity index is 756. The first-order valence-corrected chi connectivity index (χ1v) is 9.53. The van der Waals surface area contributed by atoms with Crippen LogP contribution in [0.2, 0.25) is 0 Å². The number of ether oxygens (including phenoxy) is 2. The van der Waals surface area contributed by atoms with Gasteiger partial charge in [0.25, 0.3) is 0 Å². The fraction of sp³-hybridized carbons (Fsp3) is 0.524. The van der Waals surface area contributed by atoms with Crippen LogP contribution in [0.25, 0.3) is 0 Å². The molecule has 2 amide bonds. The summed E-state index contributed by atoms with van der Waals surface area (Å²) in [7, 11) is 1.26. The number of rotatable bonds is 6. The van der Waals surface area contributed by atoms with Gasteiger partial charge in [-0.1, -0.05) is 30.3 Å². The fourth-order valence-electron chi connectivity index (χ4n) is 3.27. The third-order valence-electron chi connectivity index (χ3n) is 4.53. The van der Waals surface area contributed by atoms with Crippen molar-refractivity contribution in [3.63, 3.8) is 0 Å². The SMILES string of the molecule is COC(=O)[C@@H]1C[C@@H](CC(=O)c2ccccc2)CN1C(=O)CNC(=O)OC(C)(C)C. The minimum atomic E-state index is -0.776. The van der Waals surface area contributed by atoms with Crippen molar-refractivity contribution in [3.8, 4) is 0 Å². The first-order chi connectivity index (χ1) is 13.6. The van der Waals surface area contributed by atoms with Gasteiger partial charge >= 0.3 is 12.1 Å². The van der Waals surface area contributed by atoms with Gasteiger partial charge in [0, 0.05) is 18.5 Å². The maximum atomic E-state index is 12.6. The van der Waals surface area contributed by atoms with Crippen molar-refractivity contribution in [2.45, 2.75) is 45.3 Å². The largest absolute Gasteiger partial charge is 0.467 e. The van der Waals surface area contributed by atoms with Crippen LogP contribution in [0.1, 0.15) is 44.0 Å². The number of amides is 2. The third kappa shape index (κ3) is 6.58. The lowest BCUT2D eigenvalue weighted by molar-refractivity contribution is -0.150. The summed E-state index contributed by atoms with van der Waals surface area (Å²) in [4.78, 5) is 50.4. The summed E-state index contributed by atoms with van der Waals surface area (Å²) < 4.78 is 9.93. The Morgan fingerprint density at radius 3 is 2.38 bits per heavy atom. The van der Waals surface area contributed by atoms with Gasteiger partial charge in [0.05, 0.1) is 7.11 Å². The molecule has 1 aliphatic heterocycles. The van der Waals surface area contributed by atoms with E-state index in [1.54, 1.807) is 45.0 Å². The molecule has 8 heteroatoms. The molecule has 0 saturated carbocycles. The van der Waals surface area contributed by atoms with E-state index in [0.717, 1.165) is 0 Å². The number of alkyl carbamates (subject to hydrolysis) is 1. The average Bonchev–Trinajstić information content (AvgIpc) is 3.08. The Morgan fingerprint density at radius 1 is 1.14 bits per heavy atom. The summed E-state index contributed by atoms with van der Waals surface area (Å²) in [5.41, 5.74) is -0.0865. The minimum absolute atomic E-state index is 0.0413. The number of Topliss-reactive ketones (excluding diaryl/α,β-unsaturated/α-hetero) is 1.